The van der Waals surface area contributed by atoms with Crippen LogP contribution in [0.1, 0.15) is 29.5 Å². The fourth-order valence-corrected chi connectivity index (χ4v) is 2.33. The number of carbonyl (C=O) groups excluding carboxylic acids is 1. The number of hydrogen-bond donors (Lipinski definition) is 2. The summed E-state index contributed by atoms with van der Waals surface area (Å²) in [5.74, 6) is -0.436. The van der Waals surface area contributed by atoms with Gasteiger partial charge in [0, 0.05) is 0 Å². The van der Waals surface area contributed by atoms with Crippen LogP contribution >= 0.6 is 0 Å². The van der Waals surface area contributed by atoms with Crippen molar-refractivity contribution < 1.29 is 9.90 Å². The molecule has 2 rings (SSSR count). The summed E-state index contributed by atoms with van der Waals surface area (Å²) in [6.45, 7) is 0. The molecule has 0 fully saturated rings. The first kappa shape index (κ1) is 12.2. The third-order valence-electron chi connectivity index (χ3n) is 3.23. The predicted octanol–water partition coefficient (Wildman–Crippen LogP) is 1.66. The second-order valence-electron chi connectivity index (χ2n) is 4.37. The molecule has 0 spiro atoms. The Hall–Kier alpha value is -2.28. The first-order valence-electron chi connectivity index (χ1n) is 5.89. The molecule has 4 heteroatoms. The monoisotopic (exact) mass is 242 g/mol. The lowest BCUT2D eigenvalue weighted by atomic mass is 9.87. The van der Waals surface area contributed by atoms with Crippen LogP contribution in [0.25, 0.3) is 6.08 Å². The Morgan fingerprint density at radius 2 is 2.00 bits per heavy atom. The lowest BCUT2D eigenvalue weighted by Gasteiger charge is -2.19. The van der Waals surface area contributed by atoms with Crippen molar-refractivity contribution in [2.75, 3.05) is 0 Å². The molecule has 0 saturated carbocycles. The molecule has 92 valence electrons. The molecule has 0 radical (unpaired) electrons. The van der Waals surface area contributed by atoms with E-state index in [4.69, 9.17) is 11.0 Å². The summed E-state index contributed by atoms with van der Waals surface area (Å²) in [6.07, 6.45) is 5.30. The molecule has 1 amide bonds. The van der Waals surface area contributed by atoms with Crippen molar-refractivity contribution >= 4 is 12.0 Å². The zero-order valence-electron chi connectivity index (χ0n) is 9.94. The van der Waals surface area contributed by atoms with E-state index in [1.54, 1.807) is 18.2 Å². The molecule has 0 atom stereocenters. The van der Waals surface area contributed by atoms with Crippen LogP contribution in [0.2, 0.25) is 0 Å². The molecular formula is C14H14N2O2. The van der Waals surface area contributed by atoms with Gasteiger partial charge < -0.3 is 10.8 Å². The highest BCUT2D eigenvalue weighted by Crippen LogP contribution is 2.32. The van der Waals surface area contributed by atoms with Gasteiger partial charge in [-0.25, -0.2) is 0 Å². The van der Waals surface area contributed by atoms with E-state index in [0.29, 0.717) is 5.75 Å². The SMILES string of the molecule is N#C/C(=C\c1ccc(O)c2c1CCCC2)C(N)=O. The molecule has 0 aromatic heterocycles. The van der Waals surface area contributed by atoms with E-state index in [1.165, 1.54) is 6.08 Å². The summed E-state index contributed by atoms with van der Waals surface area (Å²) >= 11 is 0. The van der Waals surface area contributed by atoms with Crippen molar-refractivity contribution in [3.8, 4) is 11.8 Å². The maximum Gasteiger partial charge on any atom is 0.259 e. The smallest absolute Gasteiger partial charge is 0.259 e. The van der Waals surface area contributed by atoms with Crippen LogP contribution in [-0.4, -0.2) is 11.0 Å². The van der Waals surface area contributed by atoms with Crippen molar-refractivity contribution in [2.45, 2.75) is 25.7 Å². The first-order chi connectivity index (χ1) is 8.63. The molecule has 1 aromatic rings. The van der Waals surface area contributed by atoms with Gasteiger partial charge in [-0.3, -0.25) is 4.79 Å². The Morgan fingerprint density at radius 1 is 1.33 bits per heavy atom. The zero-order chi connectivity index (χ0) is 13.1. The lowest BCUT2D eigenvalue weighted by Crippen LogP contribution is -2.13. The quantitative estimate of drug-likeness (QED) is 0.610. The van der Waals surface area contributed by atoms with Crippen LogP contribution in [0.15, 0.2) is 17.7 Å². The van der Waals surface area contributed by atoms with Crippen LogP contribution < -0.4 is 5.73 Å². The van der Waals surface area contributed by atoms with Crippen molar-refractivity contribution in [3.63, 3.8) is 0 Å². The second kappa shape index (κ2) is 4.92. The van der Waals surface area contributed by atoms with Crippen LogP contribution in [0.5, 0.6) is 5.75 Å². The number of phenols is 1. The first-order valence-corrected chi connectivity index (χ1v) is 5.89. The summed E-state index contributed by atoms with van der Waals surface area (Å²) in [6, 6.07) is 5.12. The van der Waals surface area contributed by atoms with E-state index in [1.807, 2.05) is 0 Å². The standard InChI is InChI=1S/C14H14N2O2/c15-8-10(14(16)18)7-9-5-6-13(17)12-4-2-1-3-11(9)12/h5-7,17H,1-4H2,(H2,16,18)/b10-7+. The zero-order valence-corrected chi connectivity index (χ0v) is 9.94. The van der Waals surface area contributed by atoms with Gasteiger partial charge in [0.25, 0.3) is 5.91 Å². The van der Waals surface area contributed by atoms with Gasteiger partial charge >= 0.3 is 0 Å². The number of fused-ring (bicyclic) bond motifs is 1. The summed E-state index contributed by atoms with van der Waals surface area (Å²) in [5.41, 5.74) is 7.81. The van der Waals surface area contributed by atoms with Gasteiger partial charge in [-0.2, -0.15) is 5.26 Å². The van der Waals surface area contributed by atoms with Gasteiger partial charge in [0.15, 0.2) is 0 Å². The fraction of sp³-hybridized carbons (Fsp3) is 0.286. The highest BCUT2D eigenvalue weighted by molar-refractivity contribution is 6.00. The molecule has 0 saturated heterocycles. The van der Waals surface area contributed by atoms with Crippen molar-refractivity contribution in [3.05, 3.63) is 34.4 Å². The number of rotatable bonds is 2. The van der Waals surface area contributed by atoms with Gasteiger partial charge in [0.2, 0.25) is 0 Å². The second-order valence-corrected chi connectivity index (χ2v) is 4.37. The highest BCUT2D eigenvalue weighted by atomic mass is 16.3. The maximum atomic E-state index is 11.1. The Balaban J connectivity index is 2.53. The Kier molecular flexibility index (Phi) is 3.33. The minimum atomic E-state index is -0.727. The van der Waals surface area contributed by atoms with Gasteiger partial charge in [0.05, 0.1) is 0 Å². The number of aromatic hydroxyl groups is 1. The van der Waals surface area contributed by atoms with Gasteiger partial charge in [0.1, 0.15) is 17.4 Å². The average molecular weight is 242 g/mol. The minimum Gasteiger partial charge on any atom is -0.508 e. The van der Waals surface area contributed by atoms with Crippen LogP contribution in [0.4, 0.5) is 0 Å². The summed E-state index contributed by atoms with van der Waals surface area (Å²) in [7, 11) is 0. The summed E-state index contributed by atoms with van der Waals surface area (Å²) < 4.78 is 0. The molecule has 18 heavy (non-hydrogen) atoms. The van der Waals surface area contributed by atoms with E-state index in [-0.39, 0.29) is 5.57 Å². The predicted molar refractivity (Wildman–Crippen MR) is 67.5 cm³/mol. The number of primary amides is 1. The molecule has 0 aliphatic heterocycles. The number of phenolic OH excluding ortho intramolecular Hbond substituents is 1. The lowest BCUT2D eigenvalue weighted by molar-refractivity contribution is -0.114. The molecule has 0 bridgehead atoms. The minimum absolute atomic E-state index is 0.0616. The fourth-order valence-electron chi connectivity index (χ4n) is 2.33. The van der Waals surface area contributed by atoms with Crippen LogP contribution in [0, 0.1) is 11.3 Å². The third-order valence-corrected chi connectivity index (χ3v) is 3.23. The van der Waals surface area contributed by atoms with Crippen molar-refractivity contribution in [2.24, 2.45) is 5.73 Å². The number of amides is 1. The largest absolute Gasteiger partial charge is 0.508 e. The normalized spacial score (nSPS) is 14.7. The molecule has 1 aliphatic rings. The van der Waals surface area contributed by atoms with Crippen molar-refractivity contribution in [1.82, 2.24) is 0 Å². The number of carbonyl (C=O) groups is 1. The topological polar surface area (TPSA) is 87.1 Å². The number of benzene rings is 1. The van der Waals surface area contributed by atoms with Crippen LogP contribution in [0.3, 0.4) is 0 Å². The highest BCUT2D eigenvalue weighted by Gasteiger charge is 2.16. The van der Waals surface area contributed by atoms with E-state index in [9.17, 15) is 9.90 Å². The number of hydrogen-bond acceptors (Lipinski definition) is 3. The molecule has 1 aliphatic carbocycles. The van der Waals surface area contributed by atoms with E-state index >= 15 is 0 Å². The summed E-state index contributed by atoms with van der Waals surface area (Å²) in [5, 5.41) is 18.7. The van der Waals surface area contributed by atoms with E-state index in [2.05, 4.69) is 0 Å². The van der Waals surface area contributed by atoms with Gasteiger partial charge in [-0.1, -0.05) is 6.07 Å². The summed E-state index contributed by atoms with van der Waals surface area (Å²) in [4.78, 5) is 11.1. The molecule has 0 heterocycles. The number of nitrogens with zero attached hydrogens (tertiary/aromatic N) is 1. The molecule has 0 unspecified atom stereocenters. The van der Waals surface area contributed by atoms with Crippen LogP contribution in [-0.2, 0) is 17.6 Å². The van der Waals surface area contributed by atoms with Gasteiger partial charge in [-0.05, 0) is 54.5 Å². The number of nitrogens with two attached hydrogens (primary N) is 1. The Morgan fingerprint density at radius 3 is 2.61 bits per heavy atom. The van der Waals surface area contributed by atoms with E-state index < -0.39 is 5.91 Å². The van der Waals surface area contributed by atoms with Gasteiger partial charge in [-0.15, -0.1) is 0 Å². The van der Waals surface area contributed by atoms with Crippen molar-refractivity contribution in [1.29, 1.82) is 5.26 Å². The average Bonchev–Trinajstić information content (AvgIpc) is 2.38. The molecule has 1 aromatic carbocycles. The molecule has 3 N–H and O–H groups in total. The maximum absolute atomic E-state index is 11.1. The number of nitriles is 1. The van der Waals surface area contributed by atoms with E-state index in [0.717, 1.165) is 42.4 Å². The Labute approximate surface area is 105 Å². The molecule has 4 nitrogen and oxygen atoms in total. The third kappa shape index (κ3) is 2.21. The Bertz CT molecular complexity index is 568. The molecular weight excluding hydrogens is 228 g/mol.